The zero-order valence-electron chi connectivity index (χ0n) is 10.2. The van der Waals surface area contributed by atoms with E-state index < -0.39 is 5.72 Å². The highest BCUT2D eigenvalue weighted by Gasteiger charge is 2.38. The van der Waals surface area contributed by atoms with Gasteiger partial charge in [-0.15, -0.1) is 0 Å². The van der Waals surface area contributed by atoms with Crippen molar-refractivity contribution in [2.45, 2.75) is 19.1 Å². The Balaban J connectivity index is 2.38. The lowest BCUT2D eigenvalue weighted by atomic mass is 10.1. The van der Waals surface area contributed by atoms with Crippen LogP contribution in [0.25, 0.3) is 0 Å². The lowest BCUT2D eigenvalue weighted by Crippen LogP contribution is -2.52. The Bertz CT molecular complexity index is 496. The second kappa shape index (κ2) is 4.48. The third-order valence-electron chi connectivity index (χ3n) is 2.78. The van der Waals surface area contributed by atoms with Crippen LogP contribution in [0.5, 0.6) is 5.75 Å². The van der Waals surface area contributed by atoms with Crippen molar-refractivity contribution in [2.75, 3.05) is 0 Å². The molecule has 0 fully saturated rings. The summed E-state index contributed by atoms with van der Waals surface area (Å²) in [5.41, 5.74) is 16.7. The van der Waals surface area contributed by atoms with Crippen molar-refractivity contribution >= 4 is 5.96 Å². The number of hydrogen-bond acceptors (Lipinski definition) is 6. The summed E-state index contributed by atoms with van der Waals surface area (Å²) in [6, 6.07) is 9.30. The van der Waals surface area contributed by atoms with Gasteiger partial charge >= 0.3 is 0 Å². The molecule has 6 heteroatoms. The highest BCUT2D eigenvalue weighted by atomic mass is 16.5. The summed E-state index contributed by atoms with van der Waals surface area (Å²) in [7, 11) is 0. The number of ether oxygens (including phenoxy) is 1. The standard InChI is InChI=1S/C12H17N5O/c1-2-12(18-8-6-4-3-5-7-8)9(13)10(14)16-11(15)17-12/h3-7H,2,13-14H2,1H3,(H3,15,16,17). The van der Waals surface area contributed by atoms with Gasteiger partial charge in [0, 0.05) is 6.42 Å². The zero-order chi connectivity index (χ0) is 13.2. The van der Waals surface area contributed by atoms with Gasteiger partial charge in [-0.25, -0.2) is 4.99 Å². The van der Waals surface area contributed by atoms with Crippen LogP contribution in [-0.4, -0.2) is 11.7 Å². The smallest absolute Gasteiger partial charge is 0.246 e. The molecule has 1 aliphatic rings. The minimum absolute atomic E-state index is 0.194. The van der Waals surface area contributed by atoms with E-state index in [4.69, 9.17) is 21.9 Å². The number of para-hydroxylation sites is 1. The molecule has 1 aliphatic heterocycles. The molecule has 1 aromatic carbocycles. The molecule has 1 aromatic rings. The van der Waals surface area contributed by atoms with Crippen molar-refractivity contribution in [3.63, 3.8) is 0 Å². The summed E-state index contributed by atoms with van der Waals surface area (Å²) >= 11 is 0. The molecule has 96 valence electrons. The molecule has 1 unspecified atom stereocenters. The van der Waals surface area contributed by atoms with Crippen LogP contribution in [0.1, 0.15) is 13.3 Å². The molecule has 0 saturated carbocycles. The minimum Gasteiger partial charge on any atom is -0.460 e. The average Bonchev–Trinajstić information content (AvgIpc) is 2.36. The number of nitrogens with zero attached hydrogens (tertiary/aromatic N) is 1. The Hall–Kier alpha value is -2.37. The SMILES string of the molecule is CCC1(Oc2ccccc2)N=C(N)NC(N)=C1N. The van der Waals surface area contributed by atoms with Crippen LogP contribution in [0.4, 0.5) is 0 Å². The maximum absolute atomic E-state index is 5.98. The molecule has 1 atom stereocenters. The number of guanidine groups is 1. The third kappa shape index (κ3) is 2.04. The lowest BCUT2D eigenvalue weighted by molar-refractivity contribution is 0.106. The molecule has 7 N–H and O–H groups in total. The van der Waals surface area contributed by atoms with Crippen LogP contribution in [0.2, 0.25) is 0 Å². The fourth-order valence-electron chi connectivity index (χ4n) is 1.80. The predicted molar refractivity (Wildman–Crippen MR) is 70.3 cm³/mol. The van der Waals surface area contributed by atoms with E-state index in [2.05, 4.69) is 10.3 Å². The summed E-state index contributed by atoms with van der Waals surface area (Å²) in [6.07, 6.45) is 0.525. The number of aliphatic imine (C=N–C) groups is 1. The van der Waals surface area contributed by atoms with Gasteiger partial charge in [0.25, 0.3) is 0 Å². The normalized spacial score (nSPS) is 23.3. The van der Waals surface area contributed by atoms with Crippen LogP contribution in [0, 0.1) is 0 Å². The molecular formula is C12H17N5O. The van der Waals surface area contributed by atoms with Crippen LogP contribution >= 0.6 is 0 Å². The van der Waals surface area contributed by atoms with Gasteiger partial charge in [-0.1, -0.05) is 25.1 Å². The monoisotopic (exact) mass is 247 g/mol. The van der Waals surface area contributed by atoms with E-state index in [1.165, 1.54) is 0 Å². The Labute approximate surface area is 106 Å². The van der Waals surface area contributed by atoms with Crippen LogP contribution in [-0.2, 0) is 0 Å². The van der Waals surface area contributed by atoms with Crippen LogP contribution < -0.4 is 27.3 Å². The van der Waals surface area contributed by atoms with E-state index in [1.54, 1.807) is 0 Å². The second-order valence-corrected chi connectivity index (χ2v) is 4.00. The fourth-order valence-corrected chi connectivity index (χ4v) is 1.80. The summed E-state index contributed by atoms with van der Waals surface area (Å²) < 4.78 is 5.87. The molecule has 18 heavy (non-hydrogen) atoms. The van der Waals surface area contributed by atoms with E-state index in [1.807, 2.05) is 37.3 Å². The quantitative estimate of drug-likeness (QED) is 0.608. The van der Waals surface area contributed by atoms with Crippen molar-refractivity contribution in [1.82, 2.24) is 5.32 Å². The van der Waals surface area contributed by atoms with Gasteiger partial charge in [0.05, 0.1) is 0 Å². The van der Waals surface area contributed by atoms with Crippen molar-refractivity contribution in [2.24, 2.45) is 22.2 Å². The molecule has 0 amide bonds. The first-order valence-corrected chi connectivity index (χ1v) is 5.69. The number of hydrogen-bond donors (Lipinski definition) is 4. The van der Waals surface area contributed by atoms with Gasteiger partial charge in [0.15, 0.2) is 5.96 Å². The molecule has 0 aromatic heterocycles. The Morgan fingerprint density at radius 2 is 1.89 bits per heavy atom. The third-order valence-corrected chi connectivity index (χ3v) is 2.78. The van der Waals surface area contributed by atoms with E-state index >= 15 is 0 Å². The molecule has 2 rings (SSSR count). The molecule has 6 nitrogen and oxygen atoms in total. The summed E-state index contributed by atoms with van der Waals surface area (Å²) in [5, 5.41) is 2.68. The van der Waals surface area contributed by atoms with Crippen molar-refractivity contribution < 1.29 is 4.74 Å². The molecule has 1 heterocycles. The molecule has 0 saturated heterocycles. The maximum atomic E-state index is 5.98. The van der Waals surface area contributed by atoms with E-state index in [-0.39, 0.29) is 11.8 Å². The minimum atomic E-state index is -1.04. The second-order valence-electron chi connectivity index (χ2n) is 4.00. The number of nitrogens with two attached hydrogens (primary N) is 3. The first kappa shape index (κ1) is 12.1. The molecule has 0 radical (unpaired) electrons. The van der Waals surface area contributed by atoms with Crippen LogP contribution in [0.15, 0.2) is 46.8 Å². The topological polar surface area (TPSA) is 112 Å². The molecule has 0 aliphatic carbocycles. The molecule has 0 spiro atoms. The van der Waals surface area contributed by atoms with Crippen molar-refractivity contribution in [1.29, 1.82) is 0 Å². The van der Waals surface area contributed by atoms with E-state index in [0.29, 0.717) is 17.9 Å². The Morgan fingerprint density at radius 3 is 2.50 bits per heavy atom. The Kier molecular flexibility index (Phi) is 3.01. The number of nitrogens with one attached hydrogen (secondary N) is 1. The van der Waals surface area contributed by atoms with E-state index in [0.717, 1.165) is 0 Å². The van der Waals surface area contributed by atoms with E-state index in [9.17, 15) is 0 Å². The lowest BCUT2D eigenvalue weighted by Gasteiger charge is -2.34. The fraction of sp³-hybridized carbons (Fsp3) is 0.250. The summed E-state index contributed by atoms with van der Waals surface area (Å²) in [6.45, 7) is 1.91. The maximum Gasteiger partial charge on any atom is 0.246 e. The average molecular weight is 247 g/mol. The first-order valence-electron chi connectivity index (χ1n) is 5.69. The number of rotatable bonds is 3. The predicted octanol–water partition coefficient (Wildman–Crippen LogP) is 0.176. The highest BCUT2D eigenvalue weighted by molar-refractivity contribution is 5.81. The van der Waals surface area contributed by atoms with Gasteiger partial charge in [-0.05, 0) is 12.1 Å². The van der Waals surface area contributed by atoms with Gasteiger partial charge in [-0.2, -0.15) is 0 Å². The van der Waals surface area contributed by atoms with Gasteiger partial charge in [0.1, 0.15) is 17.3 Å². The van der Waals surface area contributed by atoms with Gasteiger partial charge in [0.2, 0.25) is 5.72 Å². The summed E-state index contributed by atoms with van der Waals surface area (Å²) in [5.74, 6) is 1.13. The first-order chi connectivity index (χ1) is 8.57. The summed E-state index contributed by atoms with van der Waals surface area (Å²) in [4.78, 5) is 4.26. The zero-order valence-corrected chi connectivity index (χ0v) is 10.2. The van der Waals surface area contributed by atoms with Crippen LogP contribution in [0.3, 0.4) is 0 Å². The highest BCUT2D eigenvalue weighted by Crippen LogP contribution is 2.29. The number of benzene rings is 1. The Morgan fingerprint density at radius 1 is 1.22 bits per heavy atom. The molecular weight excluding hydrogens is 230 g/mol. The van der Waals surface area contributed by atoms with Gasteiger partial charge < -0.3 is 27.3 Å². The van der Waals surface area contributed by atoms with Gasteiger partial charge in [-0.3, -0.25) is 0 Å². The van der Waals surface area contributed by atoms with Crippen molar-refractivity contribution in [3.8, 4) is 5.75 Å². The largest absolute Gasteiger partial charge is 0.460 e. The molecule has 0 bridgehead atoms. The van der Waals surface area contributed by atoms with Crippen molar-refractivity contribution in [3.05, 3.63) is 41.8 Å².